The minimum absolute atomic E-state index is 0.0703. The third-order valence-electron chi connectivity index (χ3n) is 4.31. The fourth-order valence-corrected chi connectivity index (χ4v) is 4.31. The smallest absolute Gasteiger partial charge is 0.281 e. The van der Waals surface area contributed by atoms with Gasteiger partial charge in [0.05, 0.1) is 0 Å². The van der Waals surface area contributed by atoms with Gasteiger partial charge in [-0.05, 0) is 37.8 Å². The van der Waals surface area contributed by atoms with Gasteiger partial charge in [-0.25, -0.2) is 4.98 Å². The molecule has 1 aliphatic rings. The number of pyridine rings is 1. The Morgan fingerprint density at radius 2 is 1.96 bits per heavy atom. The number of anilines is 1. The van der Waals surface area contributed by atoms with Crippen molar-refractivity contribution in [1.29, 1.82) is 0 Å². The van der Waals surface area contributed by atoms with Crippen molar-refractivity contribution in [1.82, 2.24) is 13.6 Å². The topological polar surface area (TPSA) is 56.8 Å². The highest BCUT2D eigenvalue weighted by atomic mass is 32.2. The Kier molecular flexibility index (Phi) is 6.00. The van der Waals surface area contributed by atoms with Crippen molar-refractivity contribution in [2.24, 2.45) is 0 Å². The normalized spacial score (nSPS) is 20.0. The molecule has 0 unspecified atom stereocenters. The molecule has 0 bridgehead atoms. The van der Waals surface area contributed by atoms with E-state index in [1.165, 1.54) is 4.31 Å². The van der Waals surface area contributed by atoms with Gasteiger partial charge in [-0.15, -0.1) is 0 Å². The SMILES string of the molecule is CN(C)c1cccc(CC[C@H]2CCCCN2S(=O)(=O)N(C)C)n1. The quantitative estimate of drug-likeness (QED) is 0.791. The van der Waals surface area contributed by atoms with E-state index in [4.69, 9.17) is 0 Å². The third-order valence-corrected chi connectivity index (χ3v) is 6.31. The second-order valence-corrected chi connectivity index (χ2v) is 8.57. The second kappa shape index (κ2) is 7.59. The van der Waals surface area contributed by atoms with Crippen LogP contribution < -0.4 is 4.90 Å². The van der Waals surface area contributed by atoms with Crippen LogP contribution in [0.25, 0.3) is 0 Å². The summed E-state index contributed by atoms with van der Waals surface area (Å²) in [4.78, 5) is 6.61. The molecule has 2 heterocycles. The van der Waals surface area contributed by atoms with Crippen LogP contribution >= 0.6 is 0 Å². The molecule has 0 radical (unpaired) electrons. The first-order valence-corrected chi connectivity index (χ1v) is 9.54. The highest BCUT2D eigenvalue weighted by Crippen LogP contribution is 2.25. The zero-order valence-corrected chi connectivity index (χ0v) is 15.4. The van der Waals surface area contributed by atoms with Crippen molar-refractivity contribution in [3.63, 3.8) is 0 Å². The summed E-state index contributed by atoms with van der Waals surface area (Å²) in [6, 6.07) is 6.07. The largest absolute Gasteiger partial charge is 0.363 e. The molecule has 0 saturated carbocycles. The van der Waals surface area contributed by atoms with E-state index in [1.807, 2.05) is 37.2 Å². The highest BCUT2D eigenvalue weighted by Gasteiger charge is 2.33. The van der Waals surface area contributed by atoms with Crippen molar-refractivity contribution >= 4 is 16.0 Å². The van der Waals surface area contributed by atoms with Crippen LogP contribution in [0.2, 0.25) is 0 Å². The average Bonchev–Trinajstić information content (AvgIpc) is 2.53. The number of aryl methyl sites for hydroxylation is 1. The summed E-state index contributed by atoms with van der Waals surface area (Å²) in [7, 11) is 3.81. The van der Waals surface area contributed by atoms with E-state index in [1.54, 1.807) is 18.4 Å². The molecule has 1 aliphatic heterocycles. The van der Waals surface area contributed by atoms with Crippen LogP contribution in [0.1, 0.15) is 31.4 Å². The molecule has 0 spiro atoms. The van der Waals surface area contributed by atoms with Gasteiger partial charge >= 0.3 is 0 Å². The lowest BCUT2D eigenvalue weighted by Gasteiger charge is -2.36. The Morgan fingerprint density at radius 1 is 1.22 bits per heavy atom. The number of piperidine rings is 1. The summed E-state index contributed by atoms with van der Waals surface area (Å²) in [5.41, 5.74) is 1.02. The van der Waals surface area contributed by atoms with Gasteiger partial charge in [-0.2, -0.15) is 17.0 Å². The van der Waals surface area contributed by atoms with Crippen LogP contribution in [0.15, 0.2) is 18.2 Å². The molecule has 23 heavy (non-hydrogen) atoms. The van der Waals surface area contributed by atoms with E-state index in [-0.39, 0.29) is 6.04 Å². The lowest BCUT2D eigenvalue weighted by atomic mass is 9.99. The van der Waals surface area contributed by atoms with Gasteiger partial charge in [0, 0.05) is 46.5 Å². The molecule has 0 N–H and O–H groups in total. The summed E-state index contributed by atoms with van der Waals surface area (Å²) >= 11 is 0. The number of nitrogens with zero attached hydrogens (tertiary/aromatic N) is 4. The molecule has 0 amide bonds. The van der Waals surface area contributed by atoms with E-state index in [0.29, 0.717) is 6.54 Å². The molecule has 1 aromatic rings. The molecular formula is C16H28N4O2S. The minimum Gasteiger partial charge on any atom is -0.363 e. The van der Waals surface area contributed by atoms with Gasteiger partial charge < -0.3 is 4.90 Å². The van der Waals surface area contributed by atoms with E-state index in [9.17, 15) is 8.42 Å². The summed E-state index contributed by atoms with van der Waals surface area (Å²) in [5, 5.41) is 0. The summed E-state index contributed by atoms with van der Waals surface area (Å²) in [6.07, 6.45) is 4.58. The molecule has 0 aromatic carbocycles. The molecule has 6 nitrogen and oxygen atoms in total. The van der Waals surface area contributed by atoms with Crippen LogP contribution in [0.4, 0.5) is 5.82 Å². The van der Waals surface area contributed by atoms with E-state index < -0.39 is 10.2 Å². The van der Waals surface area contributed by atoms with Crippen LogP contribution in [0.3, 0.4) is 0 Å². The van der Waals surface area contributed by atoms with Crippen molar-refractivity contribution in [3.05, 3.63) is 23.9 Å². The van der Waals surface area contributed by atoms with Crippen LogP contribution in [-0.2, 0) is 16.6 Å². The second-order valence-electron chi connectivity index (χ2n) is 6.47. The monoisotopic (exact) mass is 340 g/mol. The molecule has 130 valence electrons. The van der Waals surface area contributed by atoms with Gasteiger partial charge in [0.2, 0.25) is 0 Å². The number of hydrogen-bond acceptors (Lipinski definition) is 4. The van der Waals surface area contributed by atoms with Crippen LogP contribution in [0, 0.1) is 0 Å². The zero-order chi connectivity index (χ0) is 17.0. The minimum atomic E-state index is -3.34. The first-order chi connectivity index (χ1) is 10.8. The maximum Gasteiger partial charge on any atom is 0.281 e. The van der Waals surface area contributed by atoms with Crippen molar-refractivity contribution in [2.75, 3.05) is 39.6 Å². The molecule has 1 aromatic heterocycles. The lowest BCUT2D eigenvalue weighted by molar-refractivity contribution is 0.229. The first kappa shape index (κ1) is 18.2. The van der Waals surface area contributed by atoms with Crippen molar-refractivity contribution in [3.8, 4) is 0 Å². The molecule has 0 aliphatic carbocycles. The van der Waals surface area contributed by atoms with Crippen molar-refractivity contribution in [2.45, 2.75) is 38.1 Å². The first-order valence-electron chi connectivity index (χ1n) is 8.15. The predicted octanol–water partition coefficient (Wildman–Crippen LogP) is 1.74. The lowest BCUT2D eigenvalue weighted by Crippen LogP contribution is -2.48. The van der Waals surface area contributed by atoms with Crippen LogP contribution in [-0.4, -0.2) is 62.8 Å². The standard InChI is InChI=1S/C16H28N4O2S/c1-18(2)16-10-7-8-14(17-16)11-12-15-9-5-6-13-20(15)23(21,22)19(3)4/h7-8,10,15H,5-6,9,11-13H2,1-4H3/t15-/m1/s1. The highest BCUT2D eigenvalue weighted by molar-refractivity contribution is 7.86. The van der Waals surface area contributed by atoms with Crippen molar-refractivity contribution < 1.29 is 8.42 Å². The van der Waals surface area contributed by atoms with Gasteiger partial charge in [-0.3, -0.25) is 0 Å². The van der Waals surface area contributed by atoms with Crippen LogP contribution in [0.5, 0.6) is 0 Å². The Bertz CT molecular complexity index is 616. The predicted molar refractivity (Wildman–Crippen MR) is 93.8 cm³/mol. The molecule has 7 heteroatoms. The van der Waals surface area contributed by atoms with E-state index >= 15 is 0 Å². The average molecular weight is 340 g/mol. The maximum atomic E-state index is 12.5. The maximum absolute atomic E-state index is 12.5. The van der Waals surface area contributed by atoms with E-state index in [2.05, 4.69) is 4.98 Å². The Hall–Kier alpha value is -1.18. The number of aromatic nitrogens is 1. The Labute approximate surface area is 140 Å². The fourth-order valence-electron chi connectivity index (χ4n) is 2.95. The zero-order valence-electron chi connectivity index (χ0n) is 14.6. The van der Waals surface area contributed by atoms with E-state index in [0.717, 1.165) is 43.6 Å². The Balaban J connectivity index is 2.07. The summed E-state index contributed by atoms with van der Waals surface area (Å²) in [6.45, 7) is 0.621. The van der Waals surface area contributed by atoms with Gasteiger partial charge in [0.1, 0.15) is 5.82 Å². The summed E-state index contributed by atoms with van der Waals surface area (Å²) < 4.78 is 27.9. The van der Waals surface area contributed by atoms with Gasteiger partial charge in [0.25, 0.3) is 10.2 Å². The molecular weight excluding hydrogens is 312 g/mol. The number of hydrogen-bond donors (Lipinski definition) is 0. The fraction of sp³-hybridized carbons (Fsp3) is 0.688. The molecule has 1 fully saturated rings. The summed E-state index contributed by atoms with van der Waals surface area (Å²) in [5.74, 6) is 0.934. The number of rotatable bonds is 6. The molecule has 2 rings (SSSR count). The van der Waals surface area contributed by atoms with Gasteiger partial charge in [-0.1, -0.05) is 12.5 Å². The molecule has 1 saturated heterocycles. The van der Waals surface area contributed by atoms with Gasteiger partial charge in [0.15, 0.2) is 0 Å². The third kappa shape index (κ3) is 4.43. The Morgan fingerprint density at radius 3 is 2.61 bits per heavy atom. The molecule has 1 atom stereocenters.